The minimum absolute atomic E-state index is 0.386. The maximum Gasteiger partial charge on any atom is 0.133 e. The normalized spacial score (nSPS) is 10.2. The first-order valence-corrected chi connectivity index (χ1v) is 7.64. The van der Waals surface area contributed by atoms with E-state index in [2.05, 4.69) is 6.92 Å². The van der Waals surface area contributed by atoms with Crippen LogP contribution in [0.5, 0.6) is 0 Å². The smallest absolute Gasteiger partial charge is 0.133 e. The number of rotatable bonds is 12. The lowest BCUT2D eigenvalue weighted by molar-refractivity contribution is 0.537. The van der Waals surface area contributed by atoms with Crippen LogP contribution in [-0.2, 0) is 0 Å². The van der Waals surface area contributed by atoms with Crippen molar-refractivity contribution in [1.29, 1.82) is 10.5 Å². The highest BCUT2D eigenvalue weighted by atomic mass is 14.3. The summed E-state index contributed by atoms with van der Waals surface area (Å²) in [6.07, 6.45) is 15.2. The van der Waals surface area contributed by atoms with Gasteiger partial charge in [-0.15, -0.1) is 0 Å². The molecule has 0 radical (unpaired) electrons. The first kappa shape index (κ1) is 17.0. The molecule has 0 N–H and O–H groups in total. The molecule has 2 nitrogen and oxygen atoms in total. The molecule has 18 heavy (non-hydrogen) atoms. The van der Waals surface area contributed by atoms with Gasteiger partial charge >= 0.3 is 0 Å². The molecule has 0 unspecified atom stereocenters. The molecule has 0 aromatic rings. The highest BCUT2D eigenvalue weighted by Gasteiger charge is 2.03. The van der Waals surface area contributed by atoms with Gasteiger partial charge in [0.25, 0.3) is 0 Å². The average Bonchev–Trinajstić information content (AvgIpc) is 2.40. The van der Waals surface area contributed by atoms with Gasteiger partial charge in [0, 0.05) is 0 Å². The molecule has 0 aliphatic carbocycles. The lowest BCUT2D eigenvalue weighted by Crippen LogP contribution is -1.92. The van der Waals surface area contributed by atoms with Gasteiger partial charge < -0.3 is 0 Å². The predicted molar refractivity (Wildman–Crippen MR) is 75.8 cm³/mol. The standard InChI is InChI=1S/C16H28N2/c1-2-3-4-5-6-7-8-9-10-11-12-13-16(14-17)15-18/h16H,2-13H2,1H3. The lowest BCUT2D eigenvalue weighted by atomic mass is 10.0. The van der Waals surface area contributed by atoms with Crippen LogP contribution < -0.4 is 0 Å². The molecule has 0 aromatic heterocycles. The van der Waals surface area contributed by atoms with Crippen molar-refractivity contribution < 1.29 is 0 Å². The van der Waals surface area contributed by atoms with E-state index < -0.39 is 0 Å². The van der Waals surface area contributed by atoms with Crippen molar-refractivity contribution in [2.75, 3.05) is 0 Å². The summed E-state index contributed by atoms with van der Waals surface area (Å²) in [6.45, 7) is 2.25. The largest absolute Gasteiger partial charge is 0.197 e. The second-order valence-electron chi connectivity index (χ2n) is 5.13. The van der Waals surface area contributed by atoms with Crippen molar-refractivity contribution in [3.8, 4) is 12.1 Å². The third-order valence-corrected chi connectivity index (χ3v) is 3.41. The van der Waals surface area contributed by atoms with E-state index in [4.69, 9.17) is 10.5 Å². The van der Waals surface area contributed by atoms with Crippen LogP contribution >= 0.6 is 0 Å². The molecule has 0 bridgehead atoms. The van der Waals surface area contributed by atoms with Gasteiger partial charge in [-0.25, -0.2) is 0 Å². The fourth-order valence-electron chi connectivity index (χ4n) is 2.17. The Balaban J connectivity index is 3.08. The summed E-state index contributed by atoms with van der Waals surface area (Å²) in [7, 11) is 0. The molecule has 0 fully saturated rings. The van der Waals surface area contributed by atoms with E-state index in [1.165, 1.54) is 64.2 Å². The first-order chi connectivity index (χ1) is 8.85. The van der Waals surface area contributed by atoms with Crippen molar-refractivity contribution >= 4 is 0 Å². The van der Waals surface area contributed by atoms with E-state index in [-0.39, 0.29) is 5.92 Å². The number of hydrogen-bond donors (Lipinski definition) is 0. The molecular weight excluding hydrogens is 220 g/mol. The Bertz CT molecular complexity index is 233. The minimum atomic E-state index is -0.386. The molecule has 0 heterocycles. The average molecular weight is 248 g/mol. The lowest BCUT2D eigenvalue weighted by Gasteiger charge is -2.02. The third-order valence-electron chi connectivity index (χ3n) is 3.41. The molecule has 102 valence electrons. The summed E-state index contributed by atoms with van der Waals surface area (Å²) in [5.41, 5.74) is 0. The Morgan fingerprint density at radius 1 is 0.667 bits per heavy atom. The molecule has 0 aliphatic rings. The van der Waals surface area contributed by atoms with Gasteiger partial charge in [-0.2, -0.15) is 10.5 Å². The summed E-state index contributed by atoms with van der Waals surface area (Å²) in [5.74, 6) is -0.386. The Hall–Kier alpha value is -1.02. The molecule has 0 aromatic carbocycles. The van der Waals surface area contributed by atoms with Crippen LogP contribution in [0.3, 0.4) is 0 Å². The Morgan fingerprint density at radius 3 is 1.44 bits per heavy atom. The zero-order chi connectivity index (χ0) is 13.5. The third kappa shape index (κ3) is 11.5. The predicted octanol–water partition coefficient (Wildman–Crippen LogP) is 5.35. The molecule has 0 saturated carbocycles. The number of hydrogen-bond acceptors (Lipinski definition) is 2. The van der Waals surface area contributed by atoms with Crippen molar-refractivity contribution in [2.24, 2.45) is 5.92 Å². The van der Waals surface area contributed by atoms with Crippen LogP contribution in [0.2, 0.25) is 0 Å². The number of nitrogens with zero attached hydrogens (tertiary/aromatic N) is 2. The second kappa shape index (κ2) is 14.0. The summed E-state index contributed by atoms with van der Waals surface area (Å²) >= 11 is 0. The SMILES string of the molecule is CCCCCCCCCCCCCC(C#N)C#N. The summed E-state index contributed by atoms with van der Waals surface area (Å²) in [4.78, 5) is 0. The zero-order valence-corrected chi connectivity index (χ0v) is 12.0. The van der Waals surface area contributed by atoms with Crippen LogP contribution in [0.1, 0.15) is 84.0 Å². The molecule has 0 amide bonds. The second-order valence-corrected chi connectivity index (χ2v) is 5.13. The van der Waals surface area contributed by atoms with Gasteiger partial charge in [-0.3, -0.25) is 0 Å². The quantitative estimate of drug-likeness (QED) is 0.437. The highest BCUT2D eigenvalue weighted by Crippen LogP contribution is 2.13. The van der Waals surface area contributed by atoms with Crippen LogP contribution in [0.15, 0.2) is 0 Å². The zero-order valence-electron chi connectivity index (χ0n) is 12.0. The van der Waals surface area contributed by atoms with Gasteiger partial charge in [0.05, 0.1) is 12.1 Å². The maximum atomic E-state index is 8.61. The van der Waals surface area contributed by atoms with Crippen molar-refractivity contribution in [3.63, 3.8) is 0 Å². The van der Waals surface area contributed by atoms with Gasteiger partial charge in [0.1, 0.15) is 5.92 Å². The Labute approximate surface area is 113 Å². The molecule has 0 spiro atoms. The first-order valence-electron chi connectivity index (χ1n) is 7.64. The molecule has 0 saturated heterocycles. The summed E-state index contributed by atoms with van der Waals surface area (Å²) in [5, 5.41) is 17.2. The summed E-state index contributed by atoms with van der Waals surface area (Å²) < 4.78 is 0. The van der Waals surface area contributed by atoms with Gasteiger partial charge in [-0.05, 0) is 6.42 Å². The van der Waals surface area contributed by atoms with E-state index in [0.29, 0.717) is 0 Å². The van der Waals surface area contributed by atoms with Crippen molar-refractivity contribution in [2.45, 2.75) is 84.0 Å². The molecule has 0 rings (SSSR count). The fourth-order valence-corrected chi connectivity index (χ4v) is 2.17. The Kier molecular flexibility index (Phi) is 13.2. The van der Waals surface area contributed by atoms with Crippen LogP contribution in [0.25, 0.3) is 0 Å². The van der Waals surface area contributed by atoms with E-state index in [1.54, 1.807) is 0 Å². The van der Waals surface area contributed by atoms with Crippen LogP contribution in [-0.4, -0.2) is 0 Å². The van der Waals surface area contributed by atoms with E-state index in [9.17, 15) is 0 Å². The van der Waals surface area contributed by atoms with E-state index in [1.807, 2.05) is 12.1 Å². The van der Waals surface area contributed by atoms with Crippen LogP contribution in [0, 0.1) is 28.6 Å². The van der Waals surface area contributed by atoms with Crippen molar-refractivity contribution in [1.82, 2.24) is 0 Å². The monoisotopic (exact) mass is 248 g/mol. The topological polar surface area (TPSA) is 47.6 Å². The van der Waals surface area contributed by atoms with Gasteiger partial charge in [0.15, 0.2) is 0 Å². The molecule has 2 heteroatoms. The molecular formula is C16H28N2. The number of nitriles is 2. The summed E-state index contributed by atoms with van der Waals surface area (Å²) in [6, 6.07) is 4.05. The van der Waals surface area contributed by atoms with Gasteiger partial charge in [0.2, 0.25) is 0 Å². The molecule has 0 atom stereocenters. The maximum absolute atomic E-state index is 8.61. The minimum Gasteiger partial charge on any atom is -0.197 e. The Morgan fingerprint density at radius 2 is 1.06 bits per heavy atom. The fraction of sp³-hybridized carbons (Fsp3) is 0.875. The number of unbranched alkanes of at least 4 members (excludes halogenated alkanes) is 10. The molecule has 0 aliphatic heterocycles. The van der Waals surface area contributed by atoms with Crippen molar-refractivity contribution in [3.05, 3.63) is 0 Å². The van der Waals surface area contributed by atoms with E-state index >= 15 is 0 Å². The highest BCUT2D eigenvalue weighted by molar-refractivity contribution is 4.98. The van der Waals surface area contributed by atoms with E-state index in [0.717, 1.165) is 12.8 Å². The van der Waals surface area contributed by atoms with Gasteiger partial charge in [-0.1, -0.05) is 77.6 Å². The van der Waals surface area contributed by atoms with Crippen LogP contribution in [0.4, 0.5) is 0 Å².